The van der Waals surface area contributed by atoms with Crippen molar-refractivity contribution < 1.29 is 18.3 Å². The van der Waals surface area contributed by atoms with Crippen LogP contribution in [0.3, 0.4) is 0 Å². The Bertz CT molecular complexity index is 216. The zero-order valence-corrected chi connectivity index (χ0v) is 5.39. The molecule has 0 radical (unpaired) electrons. The first-order valence-electron chi connectivity index (χ1n) is 2.90. The van der Waals surface area contributed by atoms with Gasteiger partial charge in [0.05, 0.1) is 5.69 Å². The molecule has 0 aliphatic rings. The summed E-state index contributed by atoms with van der Waals surface area (Å²) in [5.41, 5.74) is -0.238. The minimum atomic E-state index is -4.59. The molecule has 1 aromatic rings. The average Bonchev–Trinajstić information content (AvgIpc) is 2.34. The van der Waals surface area contributed by atoms with E-state index >= 15 is 0 Å². The largest absolute Gasteiger partial charge is 0.420 e. The van der Waals surface area contributed by atoms with Gasteiger partial charge >= 0.3 is 6.18 Å². The van der Waals surface area contributed by atoms with Gasteiger partial charge in [0.15, 0.2) is 6.10 Å². The summed E-state index contributed by atoms with van der Waals surface area (Å²) in [5, 5.41) is 8.59. The highest BCUT2D eigenvalue weighted by molar-refractivity contribution is 5.08. The number of rotatable bonds is 1. The third kappa shape index (κ3) is 1.74. The normalized spacial score (nSPS) is 14.9. The molecule has 0 fully saturated rings. The summed E-state index contributed by atoms with van der Waals surface area (Å²) in [7, 11) is 0. The third-order valence-electron chi connectivity index (χ3n) is 1.23. The van der Waals surface area contributed by atoms with Gasteiger partial charge in [-0.25, -0.2) is 0 Å². The highest BCUT2D eigenvalue weighted by Gasteiger charge is 2.39. The van der Waals surface area contributed by atoms with Crippen LogP contribution in [0, 0.1) is 0 Å². The molecular formula is C6H6F3NO. The summed E-state index contributed by atoms with van der Waals surface area (Å²) in [4.78, 5) is 2.27. The highest BCUT2D eigenvalue weighted by atomic mass is 19.4. The number of nitrogens with one attached hydrogen (secondary N) is 1. The first kappa shape index (κ1) is 8.13. The Balaban J connectivity index is 2.78. The van der Waals surface area contributed by atoms with Crippen molar-refractivity contribution in [3.63, 3.8) is 0 Å². The fourth-order valence-electron chi connectivity index (χ4n) is 0.691. The van der Waals surface area contributed by atoms with Crippen LogP contribution in [0.5, 0.6) is 0 Å². The predicted molar refractivity (Wildman–Crippen MR) is 31.8 cm³/mol. The van der Waals surface area contributed by atoms with Crippen molar-refractivity contribution in [3.8, 4) is 0 Å². The Hall–Kier alpha value is -0.970. The van der Waals surface area contributed by atoms with Crippen LogP contribution >= 0.6 is 0 Å². The van der Waals surface area contributed by atoms with Crippen molar-refractivity contribution in [2.45, 2.75) is 12.3 Å². The Labute approximate surface area is 60.7 Å². The lowest BCUT2D eigenvalue weighted by atomic mass is 10.2. The number of aromatic nitrogens is 1. The molecule has 0 saturated heterocycles. The smallest absolute Gasteiger partial charge is 0.378 e. The lowest BCUT2D eigenvalue weighted by Gasteiger charge is -2.12. The fourth-order valence-corrected chi connectivity index (χ4v) is 0.691. The standard InChI is InChI=1S/C6H6F3NO/c7-6(8,9)5(11)4-2-1-3-10-4/h1-3,5,10-11H/t5-/m1/s1. The maximum absolute atomic E-state index is 11.7. The Morgan fingerprint density at radius 3 is 2.45 bits per heavy atom. The molecule has 0 unspecified atom stereocenters. The lowest BCUT2D eigenvalue weighted by Crippen LogP contribution is -2.20. The van der Waals surface area contributed by atoms with E-state index in [0.29, 0.717) is 0 Å². The molecule has 0 bridgehead atoms. The second-order valence-electron chi connectivity index (χ2n) is 2.07. The van der Waals surface area contributed by atoms with Crippen LogP contribution in [0.25, 0.3) is 0 Å². The summed E-state index contributed by atoms with van der Waals surface area (Å²) in [6.07, 6.45) is -5.67. The number of hydrogen-bond acceptors (Lipinski definition) is 1. The van der Waals surface area contributed by atoms with Crippen molar-refractivity contribution in [1.29, 1.82) is 0 Å². The second-order valence-corrected chi connectivity index (χ2v) is 2.07. The molecular weight excluding hydrogens is 159 g/mol. The minimum Gasteiger partial charge on any atom is -0.378 e. The first-order valence-corrected chi connectivity index (χ1v) is 2.90. The molecule has 1 rings (SSSR count). The van der Waals surface area contributed by atoms with Crippen molar-refractivity contribution in [1.82, 2.24) is 4.98 Å². The summed E-state index contributed by atoms with van der Waals surface area (Å²) < 4.78 is 35.2. The van der Waals surface area contributed by atoms with E-state index in [1.54, 1.807) is 0 Å². The molecule has 0 spiro atoms. The zero-order chi connectivity index (χ0) is 8.48. The molecule has 2 N–H and O–H groups in total. The van der Waals surface area contributed by atoms with E-state index in [-0.39, 0.29) is 5.69 Å². The van der Waals surface area contributed by atoms with Crippen LogP contribution in [-0.4, -0.2) is 16.3 Å². The number of H-pyrrole nitrogens is 1. The monoisotopic (exact) mass is 165 g/mol. The number of hydrogen-bond donors (Lipinski definition) is 2. The maximum Gasteiger partial charge on any atom is 0.420 e. The van der Waals surface area contributed by atoms with Crippen molar-refractivity contribution >= 4 is 0 Å². The van der Waals surface area contributed by atoms with Gasteiger partial charge in [-0.3, -0.25) is 0 Å². The van der Waals surface area contributed by atoms with Gasteiger partial charge in [0, 0.05) is 6.20 Å². The lowest BCUT2D eigenvalue weighted by molar-refractivity contribution is -0.207. The Morgan fingerprint density at radius 2 is 2.09 bits per heavy atom. The topological polar surface area (TPSA) is 36.0 Å². The number of halogens is 3. The van der Waals surface area contributed by atoms with E-state index in [0.717, 1.165) is 0 Å². The van der Waals surface area contributed by atoms with Gasteiger partial charge < -0.3 is 10.1 Å². The predicted octanol–water partition coefficient (Wildman–Crippen LogP) is 1.61. The highest BCUT2D eigenvalue weighted by Crippen LogP contribution is 2.30. The first-order chi connectivity index (χ1) is 5.02. The van der Waals surface area contributed by atoms with Crippen LogP contribution < -0.4 is 0 Å². The quantitative estimate of drug-likeness (QED) is 0.651. The number of aliphatic hydroxyl groups is 1. The molecule has 0 saturated carbocycles. The van der Waals surface area contributed by atoms with Gasteiger partial charge in [-0.2, -0.15) is 13.2 Å². The van der Waals surface area contributed by atoms with Crippen LogP contribution in [0.4, 0.5) is 13.2 Å². The molecule has 11 heavy (non-hydrogen) atoms. The Kier molecular flexibility index (Phi) is 1.90. The average molecular weight is 165 g/mol. The molecule has 0 amide bonds. The van der Waals surface area contributed by atoms with Gasteiger partial charge in [0.25, 0.3) is 0 Å². The molecule has 5 heteroatoms. The number of aromatic amines is 1. The number of aliphatic hydroxyl groups excluding tert-OH is 1. The SMILES string of the molecule is O[C@H](c1ccc[nH]1)C(F)(F)F. The van der Waals surface area contributed by atoms with Gasteiger partial charge in [-0.15, -0.1) is 0 Å². The van der Waals surface area contributed by atoms with Gasteiger partial charge in [0.2, 0.25) is 0 Å². The van der Waals surface area contributed by atoms with Crippen LogP contribution in [-0.2, 0) is 0 Å². The van der Waals surface area contributed by atoms with E-state index in [4.69, 9.17) is 5.11 Å². The van der Waals surface area contributed by atoms with Crippen molar-refractivity contribution in [2.24, 2.45) is 0 Å². The van der Waals surface area contributed by atoms with Crippen LogP contribution in [0.1, 0.15) is 11.8 Å². The molecule has 0 aliphatic heterocycles. The van der Waals surface area contributed by atoms with E-state index in [9.17, 15) is 13.2 Å². The van der Waals surface area contributed by atoms with Gasteiger partial charge in [0.1, 0.15) is 0 Å². The molecule has 62 valence electrons. The minimum absolute atomic E-state index is 0.238. The van der Waals surface area contributed by atoms with Crippen LogP contribution in [0.15, 0.2) is 18.3 Å². The molecule has 2 nitrogen and oxygen atoms in total. The summed E-state index contributed by atoms with van der Waals surface area (Å²) in [6, 6.07) is 2.57. The fraction of sp³-hybridized carbons (Fsp3) is 0.333. The second kappa shape index (κ2) is 2.58. The maximum atomic E-state index is 11.7. The van der Waals surface area contributed by atoms with Crippen LogP contribution in [0.2, 0.25) is 0 Å². The molecule has 1 aromatic heterocycles. The summed E-state index contributed by atoms with van der Waals surface area (Å²) in [6.45, 7) is 0. The Morgan fingerprint density at radius 1 is 1.45 bits per heavy atom. The summed E-state index contributed by atoms with van der Waals surface area (Å²) >= 11 is 0. The van der Waals surface area contributed by atoms with Crippen molar-refractivity contribution in [3.05, 3.63) is 24.0 Å². The molecule has 1 heterocycles. The van der Waals surface area contributed by atoms with Gasteiger partial charge in [-0.05, 0) is 12.1 Å². The summed E-state index contributed by atoms with van der Waals surface area (Å²) in [5.74, 6) is 0. The van der Waals surface area contributed by atoms with E-state index < -0.39 is 12.3 Å². The van der Waals surface area contributed by atoms with E-state index in [1.165, 1.54) is 18.3 Å². The molecule has 1 atom stereocenters. The molecule has 0 aliphatic carbocycles. The third-order valence-corrected chi connectivity index (χ3v) is 1.23. The number of alkyl halides is 3. The van der Waals surface area contributed by atoms with E-state index in [1.807, 2.05) is 0 Å². The van der Waals surface area contributed by atoms with Gasteiger partial charge in [-0.1, -0.05) is 0 Å². The zero-order valence-electron chi connectivity index (χ0n) is 5.39. The molecule has 0 aromatic carbocycles. The van der Waals surface area contributed by atoms with E-state index in [2.05, 4.69) is 4.98 Å². The van der Waals surface area contributed by atoms with Crippen molar-refractivity contribution in [2.75, 3.05) is 0 Å².